The lowest BCUT2D eigenvalue weighted by molar-refractivity contribution is -0.0946. The number of anilines is 1. The molecule has 6 nitrogen and oxygen atoms in total. The number of nitrogens with one attached hydrogen (secondary N) is 1. The second-order valence-corrected chi connectivity index (χ2v) is 7.12. The minimum absolute atomic E-state index is 0. The molecule has 1 N–H and O–H groups in total. The first-order valence-electron chi connectivity index (χ1n) is 9.14. The third kappa shape index (κ3) is 4.94. The summed E-state index contributed by atoms with van der Waals surface area (Å²) in [7, 11) is 1.73. The summed E-state index contributed by atoms with van der Waals surface area (Å²) in [5, 5.41) is 3.44. The van der Waals surface area contributed by atoms with Crippen LogP contribution in [0.25, 0.3) is 0 Å². The Morgan fingerprint density at radius 2 is 1.92 bits per heavy atom. The molecule has 0 radical (unpaired) electrons. The molecule has 26 heavy (non-hydrogen) atoms. The molecule has 1 aromatic carbocycles. The first-order chi connectivity index (χ1) is 12.1. The summed E-state index contributed by atoms with van der Waals surface area (Å²) < 4.78 is 10.8. The lowest BCUT2D eigenvalue weighted by Crippen LogP contribution is -2.53. The Balaban J connectivity index is 0.00000243. The third-order valence-electron chi connectivity index (χ3n) is 4.85. The summed E-state index contributed by atoms with van der Waals surface area (Å²) >= 11 is 0. The number of rotatable bonds is 5. The molecule has 0 aromatic heterocycles. The molecule has 1 aromatic rings. The molecule has 2 aliphatic heterocycles. The number of methoxy groups -OCH3 is 1. The molecule has 2 saturated heterocycles. The number of guanidine groups is 1. The van der Waals surface area contributed by atoms with Crippen molar-refractivity contribution in [2.24, 2.45) is 10.4 Å². The smallest absolute Gasteiger partial charge is 0.194 e. The monoisotopic (exact) mass is 474 g/mol. The first-order valence-corrected chi connectivity index (χ1v) is 9.14. The normalized spacial score (nSPS) is 19.4. The number of aliphatic imine (C=N–C) groups is 1. The molecule has 3 rings (SSSR count). The average molecular weight is 474 g/mol. The van der Waals surface area contributed by atoms with Crippen molar-refractivity contribution < 1.29 is 9.47 Å². The van der Waals surface area contributed by atoms with Crippen LogP contribution in [0.4, 0.5) is 5.69 Å². The molecule has 2 aliphatic rings. The van der Waals surface area contributed by atoms with E-state index in [2.05, 4.69) is 41.1 Å². The van der Waals surface area contributed by atoms with E-state index in [-0.39, 0.29) is 29.4 Å². The van der Waals surface area contributed by atoms with E-state index < -0.39 is 0 Å². The number of hydrogen-bond donors (Lipinski definition) is 1. The number of para-hydroxylation sites is 2. The van der Waals surface area contributed by atoms with Crippen LogP contribution in [0.1, 0.15) is 13.8 Å². The van der Waals surface area contributed by atoms with Gasteiger partial charge < -0.3 is 24.6 Å². The summed E-state index contributed by atoms with van der Waals surface area (Å²) in [5.41, 5.74) is 1.38. The number of piperazine rings is 1. The number of benzene rings is 1. The van der Waals surface area contributed by atoms with E-state index in [1.165, 1.54) is 5.69 Å². The number of nitrogens with zero attached hydrogens (tertiary/aromatic N) is 3. The second-order valence-electron chi connectivity index (χ2n) is 7.12. The Bertz CT molecular complexity index is 599. The van der Waals surface area contributed by atoms with Gasteiger partial charge in [0.2, 0.25) is 0 Å². The van der Waals surface area contributed by atoms with E-state index in [0.717, 1.165) is 64.2 Å². The van der Waals surface area contributed by atoms with Gasteiger partial charge in [-0.1, -0.05) is 19.1 Å². The van der Waals surface area contributed by atoms with Crippen LogP contribution in [0.5, 0.6) is 5.75 Å². The molecule has 0 saturated carbocycles. The fraction of sp³-hybridized carbons (Fsp3) is 0.632. The van der Waals surface area contributed by atoms with E-state index in [9.17, 15) is 0 Å². The molecule has 0 amide bonds. The molecule has 146 valence electrons. The van der Waals surface area contributed by atoms with E-state index in [0.29, 0.717) is 0 Å². The van der Waals surface area contributed by atoms with Gasteiger partial charge in [-0.3, -0.25) is 4.99 Å². The highest BCUT2D eigenvalue weighted by molar-refractivity contribution is 14.0. The van der Waals surface area contributed by atoms with Crippen LogP contribution in [0.3, 0.4) is 0 Å². The summed E-state index contributed by atoms with van der Waals surface area (Å²) in [4.78, 5) is 9.62. The van der Waals surface area contributed by atoms with Gasteiger partial charge in [-0.15, -0.1) is 24.0 Å². The quantitative estimate of drug-likeness (QED) is 0.404. The Kier molecular flexibility index (Phi) is 7.82. The number of ether oxygens (including phenoxy) is 2. The van der Waals surface area contributed by atoms with Crippen molar-refractivity contribution >= 4 is 35.6 Å². The molecule has 0 bridgehead atoms. The minimum Gasteiger partial charge on any atom is -0.495 e. The maximum atomic E-state index is 5.50. The van der Waals surface area contributed by atoms with Gasteiger partial charge in [-0.05, 0) is 19.1 Å². The summed E-state index contributed by atoms with van der Waals surface area (Å²) in [6.07, 6.45) is 0. The van der Waals surface area contributed by atoms with Crippen LogP contribution in [0.15, 0.2) is 29.3 Å². The Labute approximate surface area is 173 Å². The van der Waals surface area contributed by atoms with Crippen LogP contribution in [0, 0.1) is 5.41 Å². The number of hydrogen-bond acceptors (Lipinski definition) is 4. The van der Waals surface area contributed by atoms with Crippen LogP contribution in [0.2, 0.25) is 0 Å². The molecule has 0 unspecified atom stereocenters. The van der Waals surface area contributed by atoms with Gasteiger partial charge in [0.15, 0.2) is 5.96 Å². The van der Waals surface area contributed by atoms with E-state index in [1.54, 1.807) is 7.11 Å². The lowest BCUT2D eigenvalue weighted by atomic mass is 9.89. The predicted octanol–water partition coefficient (Wildman–Crippen LogP) is 2.44. The molecule has 0 spiro atoms. The zero-order valence-electron chi connectivity index (χ0n) is 16.0. The second kappa shape index (κ2) is 9.64. The van der Waals surface area contributed by atoms with Crippen molar-refractivity contribution in [3.63, 3.8) is 0 Å². The Morgan fingerprint density at radius 1 is 1.23 bits per heavy atom. The van der Waals surface area contributed by atoms with Gasteiger partial charge in [-0.2, -0.15) is 0 Å². The van der Waals surface area contributed by atoms with E-state index >= 15 is 0 Å². The highest BCUT2D eigenvalue weighted by atomic mass is 127. The van der Waals surface area contributed by atoms with Crippen molar-refractivity contribution in [3.05, 3.63) is 24.3 Å². The molecule has 0 atom stereocenters. The maximum absolute atomic E-state index is 5.50. The zero-order valence-corrected chi connectivity index (χ0v) is 18.4. The fourth-order valence-corrected chi connectivity index (χ4v) is 3.28. The van der Waals surface area contributed by atoms with Crippen molar-refractivity contribution in [2.75, 3.05) is 64.5 Å². The Hall–Kier alpha value is -1.22. The van der Waals surface area contributed by atoms with E-state index in [4.69, 9.17) is 14.5 Å². The number of halogens is 1. The van der Waals surface area contributed by atoms with Crippen molar-refractivity contribution in [3.8, 4) is 5.75 Å². The molecule has 0 aliphatic carbocycles. The van der Waals surface area contributed by atoms with Crippen LogP contribution in [-0.4, -0.2) is 70.5 Å². The molecule has 2 fully saturated rings. The maximum Gasteiger partial charge on any atom is 0.194 e. The summed E-state index contributed by atoms with van der Waals surface area (Å²) in [6, 6.07) is 8.23. The van der Waals surface area contributed by atoms with E-state index in [1.807, 2.05) is 12.1 Å². The summed E-state index contributed by atoms with van der Waals surface area (Å²) in [5.74, 6) is 1.96. The van der Waals surface area contributed by atoms with Crippen LogP contribution < -0.4 is 15.0 Å². The first kappa shape index (κ1) is 21.1. The van der Waals surface area contributed by atoms with Gasteiger partial charge in [0.25, 0.3) is 0 Å². The highest BCUT2D eigenvalue weighted by Gasteiger charge is 2.33. The standard InChI is InChI=1S/C19H30N4O2.HI/c1-4-20-18(21-13-19(2)14-25-15-19)23-11-9-22(10-12-23)16-7-5-6-8-17(16)24-3;/h5-8H,4,9-15H2,1-3H3,(H,20,21);1H. The molecular formula is C19H31IN4O2. The van der Waals surface area contributed by atoms with Gasteiger partial charge in [-0.25, -0.2) is 0 Å². The van der Waals surface area contributed by atoms with Gasteiger partial charge >= 0.3 is 0 Å². The van der Waals surface area contributed by atoms with Gasteiger partial charge in [0.05, 0.1) is 32.6 Å². The van der Waals surface area contributed by atoms with Crippen LogP contribution >= 0.6 is 24.0 Å². The van der Waals surface area contributed by atoms with Gasteiger partial charge in [0.1, 0.15) is 5.75 Å². The SMILES string of the molecule is CCNC(=NCC1(C)COC1)N1CCN(c2ccccc2OC)CC1.I. The average Bonchev–Trinajstić information content (AvgIpc) is 2.63. The topological polar surface area (TPSA) is 49.3 Å². The van der Waals surface area contributed by atoms with Crippen molar-refractivity contribution in [1.82, 2.24) is 10.2 Å². The summed E-state index contributed by atoms with van der Waals surface area (Å²) in [6.45, 7) is 11.5. The van der Waals surface area contributed by atoms with Crippen molar-refractivity contribution in [2.45, 2.75) is 13.8 Å². The minimum atomic E-state index is 0. The van der Waals surface area contributed by atoms with Crippen LogP contribution in [-0.2, 0) is 4.74 Å². The molecule has 7 heteroatoms. The third-order valence-corrected chi connectivity index (χ3v) is 4.85. The zero-order chi connectivity index (χ0) is 17.7. The Morgan fingerprint density at radius 3 is 2.50 bits per heavy atom. The lowest BCUT2D eigenvalue weighted by Gasteiger charge is -2.39. The van der Waals surface area contributed by atoms with Crippen molar-refractivity contribution in [1.29, 1.82) is 0 Å². The molecule has 2 heterocycles. The predicted molar refractivity (Wildman–Crippen MR) is 117 cm³/mol. The molecular weight excluding hydrogens is 443 g/mol. The fourth-order valence-electron chi connectivity index (χ4n) is 3.28. The largest absolute Gasteiger partial charge is 0.495 e. The van der Waals surface area contributed by atoms with Gasteiger partial charge in [0, 0.05) is 38.1 Å². The highest BCUT2D eigenvalue weighted by Crippen LogP contribution is 2.29.